The zero-order chi connectivity index (χ0) is 25.5. The van der Waals surface area contributed by atoms with Crippen molar-refractivity contribution in [1.29, 1.82) is 0 Å². The van der Waals surface area contributed by atoms with Crippen LogP contribution in [0.25, 0.3) is 0 Å². The first-order valence-electron chi connectivity index (χ1n) is 12.6. The van der Waals surface area contributed by atoms with E-state index < -0.39 is 0 Å². The Labute approximate surface area is 218 Å². The van der Waals surface area contributed by atoms with E-state index >= 15 is 0 Å². The Balaban J connectivity index is 1.45. The number of ether oxygens (including phenoxy) is 1. The number of nitrogens with two attached hydrogens (primary N) is 1. The second kappa shape index (κ2) is 12.0. The van der Waals surface area contributed by atoms with Crippen LogP contribution in [0.5, 0.6) is 17.2 Å². The highest BCUT2D eigenvalue weighted by atomic mass is 35.5. The van der Waals surface area contributed by atoms with Crippen LogP contribution in [0.1, 0.15) is 61.4 Å². The quantitative estimate of drug-likeness (QED) is 0.266. The number of hydrogen-bond donors (Lipinski definition) is 3. The third-order valence-electron chi connectivity index (χ3n) is 6.57. The Kier molecular flexibility index (Phi) is 8.60. The molecule has 0 unspecified atom stereocenters. The van der Waals surface area contributed by atoms with Crippen LogP contribution in [-0.4, -0.2) is 28.5 Å². The molecule has 1 aliphatic carbocycles. The lowest BCUT2D eigenvalue weighted by Crippen LogP contribution is -2.42. The Morgan fingerprint density at radius 2 is 1.92 bits per heavy atom. The SMILES string of the molecule is CCCN(C(=O)c1cccc(CNc2cc(Oc3cc(Cl)ccc3O)ccc2N)c1)C1CCCCC1. The average molecular weight is 508 g/mol. The predicted molar refractivity (Wildman–Crippen MR) is 146 cm³/mol. The number of phenolic OH excluding ortho intramolecular Hbond substituents is 1. The van der Waals surface area contributed by atoms with Gasteiger partial charge in [-0.3, -0.25) is 4.79 Å². The van der Waals surface area contributed by atoms with Gasteiger partial charge in [-0.1, -0.05) is 49.9 Å². The molecule has 6 nitrogen and oxygen atoms in total. The highest BCUT2D eigenvalue weighted by Gasteiger charge is 2.25. The molecule has 0 heterocycles. The third kappa shape index (κ3) is 6.43. The summed E-state index contributed by atoms with van der Waals surface area (Å²) in [6, 6.07) is 18.0. The van der Waals surface area contributed by atoms with E-state index in [1.54, 1.807) is 30.3 Å². The number of phenols is 1. The molecule has 0 spiro atoms. The highest BCUT2D eigenvalue weighted by Crippen LogP contribution is 2.35. The smallest absolute Gasteiger partial charge is 0.254 e. The van der Waals surface area contributed by atoms with Gasteiger partial charge < -0.3 is 25.8 Å². The molecule has 0 aliphatic heterocycles. The monoisotopic (exact) mass is 507 g/mol. The summed E-state index contributed by atoms with van der Waals surface area (Å²) in [6.45, 7) is 3.41. The van der Waals surface area contributed by atoms with Gasteiger partial charge in [-0.15, -0.1) is 0 Å². The number of aromatic hydroxyl groups is 1. The molecule has 0 bridgehead atoms. The van der Waals surface area contributed by atoms with Crippen molar-refractivity contribution in [3.8, 4) is 17.2 Å². The normalized spacial score (nSPS) is 13.8. The first-order valence-corrected chi connectivity index (χ1v) is 13.0. The lowest BCUT2D eigenvalue weighted by Gasteiger charge is -2.34. The Morgan fingerprint density at radius 3 is 2.69 bits per heavy atom. The maximum atomic E-state index is 13.4. The maximum absolute atomic E-state index is 13.4. The lowest BCUT2D eigenvalue weighted by molar-refractivity contribution is 0.0634. The summed E-state index contributed by atoms with van der Waals surface area (Å²) in [5.74, 6) is 0.884. The second-order valence-corrected chi connectivity index (χ2v) is 9.74. The van der Waals surface area contributed by atoms with Crippen molar-refractivity contribution >= 4 is 28.9 Å². The van der Waals surface area contributed by atoms with Crippen molar-refractivity contribution in [2.75, 3.05) is 17.6 Å². The summed E-state index contributed by atoms with van der Waals surface area (Å²) >= 11 is 6.02. The molecular weight excluding hydrogens is 474 g/mol. The number of nitrogens with zero attached hydrogens (tertiary/aromatic N) is 1. The average Bonchev–Trinajstić information content (AvgIpc) is 2.90. The molecule has 0 radical (unpaired) electrons. The topological polar surface area (TPSA) is 87.8 Å². The first kappa shape index (κ1) is 25.7. The van der Waals surface area contributed by atoms with E-state index in [1.165, 1.54) is 25.3 Å². The highest BCUT2D eigenvalue weighted by molar-refractivity contribution is 6.30. The Morgan fingerprint density at radius 1 is 1.11 bits per heavy atom. The van der Waals surface area contributed by atoms with E-state index in [0.29, 0.717) is 34.7 Å². The summed E-state index contributed by atoms with van der Waals surface area (Å²) in [7, 11) is 0. The Bertz CT molecular complexity index is 1190. The molecule has 3 aromatic rings. The fraction of sp³-hybridized carbons (Fsp3) is 0.345. The summed E-state index contributed by atoms with van der Waals surface area (Å²) in [6.07, 6.45) is 6.80. The van der Waals surface area contributed by atoms with Gasteiger partial charge in [0.15, 0.2) is 11.5 Å². The minimum atomic E-state index is -0.00226. The van der Waals surface area contributed by atoms with Crippen molar-refractivity contribution in [1.82, 2.24) is 4.90 Å². The van der Waals surface area contributed by atoms with Crippen LogP contribution in [0.3, 0.4) is 0 Å². The van der Waals surface area contributed by atoms with Crippen LogP contribution in [0, 0.1) is 0 Å². The zero-order valence-corrected chi connectivity index (χ0v) is 21.4. The fourth-order valence-corrected chi connectivity index (χ4v) is 4.87. The minimum absolute atomic E-state index is 0.00226. The Hall–Kier alpha value is -3.38. The molecule has 7 heteroatoms. The van der Waals surface area contributed by atoms with Crippen molar-refractivity contribution in [3.05, 3.63) is 76.8 Å². The number of rotatable bonds is 9. The van der Waals surface area contributed by atoms with E-state index in [4.69, 9.17) is 22.1 Å². The van der Waals surface area contributed by atoms with Crippen LogP contribution < -0.4 is 15.8 Å². The number of nitrogens with one attached hydrogen (secondary N) is 1. The van der Waals surface area contributed by atoms with Gasteiger partial charge in [-0.05, 0) is 61.2 Å². The predicted octanol–water partition coefficient (Wildman–Crippen LogP) is 7.22. The van der Waals surface area contributed by atoms with Crippen molar-refractivity contribution in [2.24, 2.45) is 0 Å². The molecule has 0 saturated heterocycles. The zero-order valence-electron chi connectivity index (χ0n) is 20.7. The molecule has 36 heavy (non-hydrogen) atoms. The van der Waals surface area contributed by atoms with E-state index in [9.17, 15) is 9.90 Å². The van der Waals surface area contributed by atoms with Gasteiger partial charge in [0.25, 0.3) is 5.91 Å². The van der Waals surface area contributed by atoms with E-state index in [0.717, 1.165) is 36.9 Å². The van der Waals surface area contributed by atoms with Crippen LogP contribution in [-0.2, 0) is 6.54 Å². The number of halogens is 1. The van der Waals surface area contributed by atoms with Crippen LogP contribution in [0.15, 0.2) is 60.7 Å². The molecule has 1 fully saturated rings. The first-order chi connectivity index (χ1) is 17.4. The summed E-state index contributed by atoms with van der Waals surface area (Å²) in [5, 5.41) is 13.9. The number of hydrogen-bond acceptors (Lipinski definition) is 5. The number of anilines is 2. The number of amides is 1. The standard InChI is InChI=1S/C29H34ClN3O3/c1-2-15-33(23-9-4-3-5-10-23)29(35)21-8-6-7-20(16-21)19-32-26-18-24(12-13-25(26)31)36-28-17-22(30)11-14-27(28)34/h6-8,11-14,16-18,23,32,34H,2-5,9-10,15,19,31H2,1H3. The van der Waals surface area contributed by atoms with Gasteiger partial charge >= 0.3 is 0 Å². The van der Waals surface area contributed by atoms with Crippen LogP contribution in [0.2, 0.25) is 5.02 Å². The molecule has 3 aromatic carbocycles. The molecular formula is C29H34ClN3O3. The van der Waals surface area contributed by atoms with Crippen LogP contribution in [0.4, 0.5) is 11.4 Å². The summed E-state index contributed by atoms with van der Waals surface area (Å²) in [5.41, 5.74) is 9.15. The fourth-order valence-electron chi connectivity index (χ4n) is 4.71. The number of carbonyl (C=O) groups excluding carboxylic acids is 1. The van der Waals surface area contributed by atoms with E-state index in [-0.39, 0.29) is 17.4 Å². The number of nitrogen functional groups attached to an aromatic ring is 1. The summed E-state index contributed by atoms with van der Waals surface area (Å²) < 4.78 is 5.81. The van der Waals surface area contributed by atoms with Gasteiger partial charge in [-0.25, -0.2) is 0 Å². The van der Waals surface area contributed by atoms with Gasteiger partial charge in [0.2, 0.25) is 0 Å². The number of benzene rings is 3. The van der Waals surface area contributed by atoms with Crippen molar-refractivity contribution < 1.29 is 14.6 Å². The van der Waals surface area contributed by atoms with E-state index in [2.05, 4.69) is 17.1 Å². The molecule has 1 saturated carbocycles. The van der Waals surface area contributed by atoms with Gasteiger partial charge in [-0.2, -0.15) is 0 Å². The third-order valence-corrected chi connectivity index (χ3v) is 6.81. The molecule has 4 N–H and O–H groups in total. The van der Waals surface area contributed by atoms with Gasteiger partial charge in [0, 0.05) is 41.9 Å². The summed E-state index contributed by atoms with van der Waals surface area (Å²) in [4.78, 5) is 15.5. The molecule has 1 amide bonds. The maximum Gasteiger partial charge on any atom is 0.254 e. The van der Waals surface area contributed by atoms with Crippen LogP contribution >= 0.6 is 11.6 Å². The number of carbonyl (C=O) groups is 1. The molecule has 0 aromatic heterocycles. The van der Waals surface area contributed by atoms with Crippen molar-refractivity contribution in [3.63, 3.8) is 0 Å². The second-order valence-electron chi connectivity index (χ2n) is 9.31. The van der Waals surface area contributed by atoms with Gasteiger partial charge in [0.05, 0.1) is 11.4 Å². The molecule has 190 valence electrons. The molecule has 0 atom stereocenters. The van der Waals surface area contributed by atoms with Crippen molar-refractivity contribution in [2.45, 2.75) is 58.0 Å². The molecule has 4 rings (SSSR count). The van der Waals surface area contributed by atoms with E-state index in [1.807, 2.05) is 24.3 Å². The largest absolute Gasteiger partial charge is 0.504 e. The lowest BCUT2D eigenvalue weighted by atomic mass is 9.93. The van der Waals surface area contributed by atoms with Gasteiger partial charge in [0.1, 0.15) is 5.75 Å². The molecule has 1 aliphatic rings. The minimum Gasteiger partial charge on any atom is -0.504 e.